The number of ether oxygens (including phenoxy) is 1. The Kier molecular flexibility index (Phi) is 6.89. The van der Waals surface area contributed by atoms with Crippen molar-refractivity contribution in [1.82, 2.24) is 10.7 Å². The standard InChI is InChI=1S/C17H21N3O3S/c1-24-9-8-15(17(22)20-18)19-16(21)11-23-14-7-6-12-4-2-3-5-13(12)10-14/h2-7,10,15H,8-9,11,18H2,1H3,(H,19,21)(H,20,22)/t15-/m0/s1. The van der Waals surface area contributed by atoms with Crippen molar-refractivity contribution in [1.29, 1.82) is 0 Å². The van der Waals surface area contributed by atoms with Gasteiger partial charge in [0, 0.05) is 0 Å². The minimum absolute atomic E-state index is 0.161. The molecule has 6 nitrogen and oxygen atoms in total. The third kappa shape index (κ3) is 5.14. The number of hydrazine groups is 1. The summed E-state index contributed by atoms with van der Waals surface area (Å²) in [6, 6.07) is 12.9. The molecule has 7 heteroatoms. The van der Waals surface area contributed by atoms with Crippen molar-refractivity contribution in [3.63, 3.8) is 0 Å². The first-order valence-corrected chi connectivity index (χ1v) is 8.94. The number of amides is 2. The van der Waals surface area contributed by atoms with E-state index in [0.29, 0.717) is 12.2 Å². The average Bonchev–Trinajstić information content (AvgIpc) is 2.62. The number of hydrogen-bond donors (Lipinski definition) is 3. The Balaban J connectivity index is 1.91. The molecule has 2 rings (SSSR count). The van der Waals surface area contributed by atoms with Crippen LogP contribution in [0.3, 0.4) is 0 Å². The second-order valence-corrected chi connectivity index (χ2v) is 6.19. The van der Waals surface area contributed by atoms with E-state index in [1.807, 2.05) is 48.7 Å². The van der Waals surface area contributed by atoms with E-state index < -0.39 is 11.9 Å². The summed E-state index contributed by atoms with van der Waals surface area (Å²) in [6.07, 6.45) is 2.44. The zero-order valence-corrected chi connectivity index (χ0v) is 14.3. The highest BCUT2D eigenvalue weighted by Gasteiger charge is 2.19. The minimum Gasteiger partial charge on any atom is -0.484 e. The number of thioether (sulfide) groups is 1. The number of carbonyl (C=O) groups excluding carboxylic acids is 2. The van der Waals surface area contributed by atoms with Crippen LogP contribution in [0.5, 0.6) is 5.75 Å². The Hall–Kier alpha value is -2.25. The molecule has 2 aromatic rings. The molecule has 0 aromatic heterocycles. The lowest BCUT2D eigenvalue weighted by Gasteiger charge is -2.16. The molecule has 128 valence electrons. The van der Waals surface area contributed by atoms with E-state index >= 15 is 0 Å². The van der Waals surface area contributed by atoms with E-state index in [1.165, 1.54) is 0 Å². The molecule has 0 unspecified atom stereocenters. The summed E-state index contributed by atoms with van der Waals surface area (Å²) in [7, 11) is 0. The van der Waals surface area contributed by atoms with Gasteiger partial charge >= 0.3 is 0 Å². The largest absolute Gasteiger partial charge is 0.484 e. The number of benzene rings is 2. The molecule has 2 amide bonds. The van der Waals surface area contributed by atoms with Crippen molar-refractivity contribution in [2.75, 3.05) is 18.6 Å². The third-order valence-electron chi connectivity index (χ3n) is 3.50. The number of carbonyl (C=O) groups is 2. The van der Waals surface area contributed by atoms with Crippen molar-refractivity contribution >= 4 is 34.3 Å². The second kappa shape index (κ2) is 9.14. The first-order valence-electron chi connectivity index (χ1n) is 7.54. The van der Waals surface area contributed by atoms with Gasteiger partial charge in [0.15, 0.2) is 6.61 Å². The topological polar surface area (TPSA) is 93.4 Å². The van der Waals surface area contributed by atoms with Gasteiger partial charge in [-0.05, 0) is 41.3 Å². The molecular formula is C17H21N3O3S. The monoisotopic (exact) mass is 347 g/mol. The van der Waals surface area contributed by atoms with Gasteiger partial charge in [-0.2, -0.15) is 11.8 Å². The summed E-state index contributed by atoms with van der Waals surface area (Å²) in [5.41, 5.74) is 2.07. The molecule has 0 saturated carbocycles. The molecule has 0 bridgehead atoms. The van der Waals surface area contributed by atoms with E-state index in [1.54, 1.807) is 11.8 Å². The molecular weight excluding hydrogens is 326 g/mol. The maximum absolute atomic E-state index is 12.0. The van der Waals surface area contributed by atoms with Crippen molar-refractivity contribution in [2.24, 2.45) is 5.84 Å². The van der Waals surface area contributed by atoms with Gasteiger partial charge in [0.2, 0.25) is 0 Å². The fraction of sp³-hybridized carbons (Fsp3) is 0.294. The zero-order chi connectivity index (χ0) is 17.4. The number of nitrogens with one attached hydrogen (secondary N) is 2. The molecule has 4 N–H and O–H groups in total. The molecule has 0 aliphatic carbocycles. The Labute approximate surface area is 145 Å². The van der Waals surface area contributed by atoms with E-state index in [2.05, 4.69) is 10.7 Å². The summed E-state index contributed by atoms with van der Waals surface area (Å²) in [6.45, 7) is -0.161. The van der Waals surface area contributed by atoms with E-state index in [9.17, 15) is 9.59 Å². The number of rotatable bonds is 8. The first kappa shape index (κ1) is 18.1. The SMILES string of the molecule is CSCC[C@H](NC(=O)COc1ccc2ccccc2c1)C(=O)NN. The molecule has 2 aromatic carbocycles. The van der Waals surface area contributed by atoms with Crippen molar-refractivity contribution in [2.45, 2.75) is 12.5 Å². The van der Waals surface area contributed by atoms with Gasteiger partial charge in [-0.3, -0.25) is 15.0 Å². The normalized spacial score (nSPS) is 11.8. The Bertz CT molecular complexity index is 708. The molecule has 0 saturated heterocycles. The van der Waals surface area contributed by atoms with Gasteiger partial charge in [-0.25, -0.2) is 5.84 Å². The average molecular weight is 347 g/mol. The fourth-order valence-corrected chi connectivity index (χ4v) is 2.72. The van der Waals surface area contributed by atoms with Crippen LogP contribution in [0, 0.1) is 0 Å². The third-order valence-corrected chi connectivity index (χ3v) is 4.14. The summed E-state index contributed by atoms with van der Waals surface area (Å²) >= 11 is 1.59. The summed E-state index contributed by atoms with van der Waals surface area (Å²) in [5.74, 6) is 5.72. The van der Waals surface area contributed by atoms with E-state index in [-0.39, 0.29) is 12.5 Å². The van der Waals surface area contributed by atoms with Gasteiger partial charge in [0.25, 0.3) is 11.8 Å². The highest BCUT2D eigenvalue weighted by molar-refractivity contribution is 7.98. The summed E-state index contributed by atoms with van der Waals surface area (Å²) < 4.78 is 5.51. The van der Waals surface area contributed by atoms with Crippen LogP contribution in [-0.2, 0) is 9.59 Å². The van der Waals surface area contributed by atoms with Crippen molar-refractivity contribution in [3.05, 3.63) is 42.5 Å². The van der Waals surface area contributed by atoms with Crippen LogP contribution in [0.15, 0.2) is 42.5 Å². The van der Waals surface area contributed by atoms with Gasteiger partial charge < -0.3 is 10.1 Å². The maximum atomic E-state index is 12.0. The maximum Gasteiger partial charge on any atom is 0.258 e. The van der Waals surface area contributed by atoms with Crippen molar-refractivity contribution < 1.29 is 14.3 Å². The molecule has 1 atom stereocenters. The van der Waals surface area contributed by atoms with Gasteiger partial charge in [0.1, 0.15) is 11.8 Å². The van der Waals surface area contributed by atoms with Gasteiger partial charge in [-0.15, -0.1) is 0 Å². The zero-order valence-electron chi connectivity index (χ0n) is 13.5. The highest BCUT2D eigenvalue weighted by atomic mass is 32.2. The smallest absolute Gasteiger partial charge is 0.258 e. The van der Waals surface area contributed by atoms with Crippen LogP contribution in [-0.4, -0.2) is 36.5 Å². The molecule has 0 heterocycles. The van der Waals surface area contributed by atoms with Crippen LogP contribution >= 0.6 is 11.8 Å². The van der Waals surface area contributed by atoms with Crippen LogP contribution in [0.1, 0.15) is 6.42 Å². The molecule has 0 aliphatic heterocycles. The summed E-state index contributed by atoms with van der Waals surface area (Å²) in [5, 5.41) is 4.78. The predicted octanol–water partition coefficient (Wildman–Crippen LogP) is 1.45. The molecule has 0 spiro atoms. The lowest BCUT2D eigenvalue weighted by atomic mass is 10.1. The van der Waals surface area contributed by atoms with Gasteiger partial charge in [0.05, 0.1) is 0 Å². The predicted molar refractivity (Wildman–Crippen MR) is 96.7 cm³/mol. The Morgan fingerprint density at radius 2 is 1.96 bits per heavy atom. The fourth-order valence-electron chi connectivity index (χ4n) is 2.25. The molecule has 0 fully saturated rings. The van der Waals surface area contributed by atoms with Crippen LogP contribution < -0.4 is 21.3 Å². The molecule has 0 radical (unpaired) electrons. The van der Waals surface area contributed by atoms with E-state index in [4.69, 9.17) is 10.6 Å². The molecule has 24 heavy (non-hydrogen) atoms. The molecule has 0 aliphatic rings. The number of fused-ring (bicyclic) bond motifs is 1. The lowest BCUT2D eigenvalue weighted by molar-refractivity contribution is -0.130. The Morgan fingerprint density at radius 1 is 1.21 bits per heavy atom. The number of hydrogen-bond acceptors (Lipinski definition) is 5. The lowest BCUT2D eigenvalue weighted by Crippen LogP contribution is -2.50. The number of nitrogens with two attached hydrogens (primary N) is 1. The van der Waals surface area contributed by atoms with Crippen LogP contribution in [0.25, 0.3) is 10.8 Å². The van der Waals surface area contributed by atoms with Crippen LogP contribution in [0.4, 0.5) is 0 Å². The second-order valence-electron chi connectivity index (χ2n) is 5.21. The van der Waals surface area contributed by atoms with Crippen molar-refractivity contribution in [3.8, 4) is 5.75 Å². The van der Waals surface area contributed by atoms with E-state index in [0.717, 1.165) is 16.5 Å². The minimum atomic E-state index is -0.657. The van der Waals surface area contributed by atoms with Crippen LogP contribution in [0.2, 0.25) is 0 Å². The summed E-state index contributed by atoms with van der Waals surface area (Å²) in [4.78, 5) is 23.7. The quantitative estimate of drug-likeness (QED) is 0.382. The Morgan fingerprint density at radius 3 is 2.67 bits per heavy atom. The highest BCUT2D eigenvalue weighted by Crippen LogP contribution is 2.20. The van der Waals surface area contributed by atoms with Gasteiger partial charge in [-0.1, -0.05) is 30.3 Å². The first-order chi connectivity index (χ1) is 11.6.